The molecule has 1 fully saturated rings. The third-order valence-corrected chi connectivity index (χ3v) is 4.93. The van der Waals surface area contributed by atoms with Gasteiger partial charge in [0.25, 0.3) is 5.78 Å². The van der Waals surface area contributed by atoms with Crippen LogP contribution in [0.2, 0.25) is 0 Å². The minimum absolute atomic E-state index is 0.214. The van der Waals surface area contributed by atoms with Crippen LogP contribution in [0.5, 0.6) is 0 Å². The van der Waals surface area contributed by atoms with Crippen LogP contribution in [0, 0.1) is 6.92 Å². The maximum atomic E-state index is 4.40. The molecule has 3 aromatic rings. The van der Waals surface area contributed by atoms with Crippen molar-refractivity contribution in [2.24, 2.45) is 0 Å². The molecule has 1 aliphatic rings. The number of hydrogen-bond donors (Lipinski definition) is 1. The quantitative estimate of drug-likeness (QED) is 0.803. The van der Waals surface area contributed by atoms with Gasteiger partial charge in [0.15, 0.2) is 0 Å². The van der Waals surface area contributed by atoms with Crippen LogP contribution < -0.4 is 5.32 Å². The number of aromatic nitrogens is 4. The number of nitrogens with zero attached hydrogens (tertiary/aromatic N) is 4. The summed E-state index contributed by atoms with van der Waals surface area (Å²) < 4.78 is 1.78. The smallest absolute Gasteiger partial charge is 0.254 e. The van der Waals surface area contributed by atoms with Gasteiger partial charge in [0.2, 0.25) is 0 Å². The SMILES string of the molecule is Cc1cc(NCC2(c3ccccc3)CCCC2)n2ncnc2n1. The number of benzene rings is 1. The van der Waals surface area contributed by atoms with Crippen LogP contribution >= 0.6 is 0 Å². The Morgan fingerprint density at radius 3 is 2.74 bits per heavy atom. The topological polar surface area (TPSA) is 55.1 Å². The molecule has 5 heteroatoms. The molecule has 0 bridgehead atoms. The van der Waals surface area contributed by atoms with E-state index in [0.29, 0.717) is 5.78 Å². The molecule has 0 aliphatic heterocycles. The van der Waals surface area contributed by atoms with Crippen molar-refractivity contribution in [3.05, 3.63) is 54.0 Å². The van der Waals surface area contributed by atoms with Crippen LogP contribution in [0.1, 0.15) is 36.9 Å². The minimum atomic E-state index is 0.214. The van der Waals surface area contributed by atoms with E-state index in [-0.39, 0.29) is 5.41 Å². The lowest BCUT2D eigenvalue weighted by Crippen LogP contribution is -2.32. The lowest BCUT2D eigenvalue weighted by Gasteiger charge is -2.30. The molecule has 1 saturated carbocycles. The second-order valence-corrected chi connectivity index (χ2v) is 6.46. The first-order chi connectivity index (χ1) is 11.3. The molecule has 1 N–H and O–H groups in total. The zero-order chi connectivity index (χ0) is 15.7. The maximum Gasteiger partial charge on any atom is 0.254 e. The van der Waals surface area contributed by atoms with Gasteiger partial charge in [0, 0.05) is 23.7 Å². The molecule has 0 atom stereocenters. The number of anilines is 1. The molecule has 1 aliphatic carbocycles. The van der Waals surface area contributed by atoms with E-state index in [2.05, 4.69) is 50.7 Å². The van der Waals surface area contributed by atoms with Crippen molar-refractivity contribution in [1.29, 1.82) is 0 Å². The van der Waals surface area contributed by atoms with Gasteiger partial charge in [-0.2, -0.15) is 14.6 Å². The molecular formula is C18H21N5. The van der Waals surface area contributed by atoms with Crippen LogP contribution in [0.3, 0.4) is 0 Å². The molecule has 2 heterocycles. The first-order valence-electron chi connectivity index (χ1n) is 8.24. The number of rotatable bonds is 4. The third-order valence-electron chi connectivity index (χ3n) is 4.93. The van der Waals surface area contributed by atoms with Gasteiger partial charge in [0.1, 0.15) is 12.1 Å². The standard InChI is InChI=1S/C18H21N5/c1-14-11-16(23-17(22-14)20-13-21-23)19-12-18(9-5-6-10-18)15-7-3-2-4-8-15/h2-4,7-8,11,13,19H,5-6,9-10,12H2,1H3. The fourth-order valence-corrected chi connectivity index (χ4v) is 3.73. The summed E-state index contributed by atoms with van der Waals surface area (Å²) in [5, 5.41) is 7.90. The van der Waals surface area contributed by atoms with Gasteiger partial charge in [-0.1, -0.05) is 43.2 Å². The Bertz CT molecular complexity index is 803. The summed E-state index contributed by atoms with van der Waals surface area (Å²) in [6, 6.07) is 12.9. The van der Waals surface area contributed by atoms with Crippen LogP contribution in [0.25, 0.3) is 5.78 Å². The van der Waals surface area contributed by atoms with Gasteiger partial charge in [-0.3, -0.25) is 0 Å². The van der Waals surface area contributed by atoms with Crippen LogP contribution in [-0.2, 0) is 5.41 Å². The van der Waals surface area contributed by atoms with Gasteiger partial charge in [-0.25, -0.2) is 4.98 Å². The summed E-state index contributed by atoms with van der Waals surface area (Å²) >= 11 is 0. The number of aryl methyl sites for hydroxylation is 1. The Morgan fingerprint density at radius 1 is 1.17 bits per heavy atom. The summed E-state index contributed by atoms with van der Waals surface area (Å²) in [6.07, 6.45) is 6.61. The molecule has 118 valence electrons. The average Bonchev–Trinajstić information content (AvgIpc) is 3.23. The summed E-state index contributed by atoms with van der Waals surface area (Å²) in [5.41, 5.74) is 2.60. The van der Waals surface area contributed by atoms with E-state index < -0.39 is 0 Å². The van der Waals surface area contributed by atoms with Gasteiger partial charge >= 0.3 is 0 Å². The molecule has 5 nitrogen and oxygen atoms in total. The summed E-state index contributed by atoms with van der Waals surface area (Å²) in [7, 11) is 0. The molecular weight excluding hydrogens is 286 g/mol. The Labute approximate surface area is 135 Å². The predicted octanol–water partition coefficient (Wildman–Crippen LogP) is 3.36. The second kappa shape index (κ2) is 5.65. The van der Waals surface area contributed by atoms with Crippen LogP contribution in [0.4, 0.5) is 5.82 Å². The summed E-state index contributed by atoms with van der Waals surface area (Å²) in [5.74, 6) is 1.61. The van der Waals surface area contributed by atoms with E-state index in [1.165, 1.54) is 31.2 Å². The van der Waals surface area contributed by atoms with E-state index in [4.69, 9.17) is 0 Å². The Morgan fingerprint density at radius 2 is 1.96 bits per heavy atom. The molecule has 2 aromatic heterocycles. The lowest BCUT2D eigenvalue weighted by atomic mass is 9.79. The van der Waals surface area contributed by atoms with Crippen molar-refractivity contribution >= 4 is 11.6 Å². The fraction of sp³-hybridized carbons (Fsp3) is 0.389. The number of hydrogen-bond acceptors (Lipinski definition) is 4. The van der Waals surface area contributed by atoms with Crippen molar-refractivity contribution in [2.75, 3.05) is 11.9 Å². The van der Waals surface area contributed by atoms with Crippen molar-refractivity contribution in [3.8, 4) is 0 Å². The molecule has 0 unspecified atom stereocenters. The first-order valence-corrected chi connectivity index (χ1v) is 8.24. The molecule has 0 amide bonds. The molecule has 4 rings (SSSR count). The van der Waals surface area contributed by atoms with Gasteiger partial charge < -0.3 is 5.32 Å². The van der Waals surface area contributed by atoms with E-state index >= 15 is 0 Å². The van der Waals surface area contributed by atoms with Crippen molar-refractivity contribution in [3.63, 3.8) is 0 Å². The highest BCUT2D eigenvalue weighted by molar-refractivity contribution is 5.45. The predicted molar refractivity (Wildman–Crippen MR) is 90.6 cm³/mol. The van der Waals surface area contributed by atoms with E-state index in [9.17, 15) is 0 Å². The van der Waals surface area contributed by atoms with E-state index in [1.807, 2.05) is 13.0 Å². The fourth-order valence-electron chi connectivity index (χ4n) is 3.73. The zero-order valence-corrected chi connectivity index (χ0v) is 13.4. The highest BCUT2D eigenvalue weighted by Crippen LogP contribution is 2.41. The largest absolute Gasteiger partial charge is 0.369 e. The molecule has 23 heavy (non-hydrogen) atoms. The lowest BCUT2D eigenvalue weighted by molar-refractivity contribution is 0.466. The minimum Gasteiger partial charge on any atom is -0.369 e. The van der Waals surface area contributed by atoms with Crippen molar-refractivity contribution in [1.82, 2.24) is 19.6 Å². The van der Waals surface area contributed by atoms with E-state index in [0.717, 1.165) is 18.1 Å². The van der Waals surface area contributed by atoms with Crippen molar-refractivity contribution in [2.45, 2.75) is 38.0 Å². The second-order valence-electron chi connectivity index (χ2n) is 6.46. The highest BCUT2D eigenvalue weighted by atomic mass is 15.3. The monoisotopic (exact) mass is 307 g/mol. The maximum absolute atomic E-state index is 4.40. The van der Waals surface area contributed by atoms with E-state index in [1.54, 1.807) is 10.8 Å². The van der Waals surface area contributed by atoms with Gasteiger partial charge in [0.05, 0.1) is 0 Å². The summed E-state index contributed by atoms with van der Waals surface area (Å²) in [6.45, 7) is 2.90. The van der Waals surface area contributed by atoms with Gasteiger partial charge in [-0.15, -0.1) is 0 Å². The van der Waals surface area contributed by atoms with Crippen molar-refractivity contribution < 1.29 is 0 Å². The number of nitrogens with one attached hydrogen (secondary N) is 1. The highest BCUT2D eigenvalue weighted by Gasteiger charge is 2.35. The van der Waals surface area contributed by atoms with Gasteiger partial charge in [-0.05, 0) is 25.3 Å². The van der Waals surface area contributed by atoms with Crippen LogP contribution in [-0.4, -0.2) is 26.1 Å². The molecule has 0 spiro atoms. The Kier molecular flexibility index (Phi) is 3.48. The molecule has 0 radical (unpaired) electrons. The Hall–Kier alpha value is -2.43. The Balaban J connectivity index is 1.64. The molecule has 1 aromatic carbocycles. The zero-order valence-electron chi connectivity index (χ0n) is 13.4. The third kappa shape index (κ3) is 2.56. The first kappa shape index (κ1) is 14.2. The normalized spacial score (nSPS) is 16.7. The molecule has 0 saturated heterocycles. The summed E-state index contributed by atoms with van der Waals surface area (Å²) in [4.78, 5) is 8.60. The average molecular weight is 307 g/mol. The van der Waals surface area contributed by atoms with Crippen LogP contribution in [0.15, 0.2) is 42.7 Å². The number of fused-ring (bicyclic) bond motifs is 1.